The van der Waals surface area contributed by atoms with Gasteiger partial charge in [0.1, 0.15) is 0 Å². The molecule has 2 aliphatic heterocycles. The molecule has 3 atom stereocenters. The van der Waals surface area contributed by atoms with Gasteiger partial charge in [-0.15, -0.1) is 0 Å². The van der Waals surface area contributed by atoms with Gasteiger partial charge in [0.05, 0.1) is 12.5 Å². The van der Waals surface area contributed by atoms with Gasteiger partial charge in [-0.25, -0.2) is 4.79 Å². The SMILES string of the molecule is CC(C)(C)c1cccc(C23CCN(C(=O)[C@@H]4CCCOC(=O)NC4)CC2C3)c1. The van der Waals surface area contributed by atoms with Gasteiger partial charge in [-0.05, 0) is 48.1 Å². The molecule has 1 aromatic carbocycles. The van der Waals surface area contributed by atoms with Crippen molar-refractivity contribution in [2.75, 3.05) is 26.2 Å². The van der Waals surface area contributed by atoms with E-state index in [2.05, 4.69) is 50.4 Å². The first-order valence-electron chi connectivity index (χ1n) is 10.6. The van der Waals surface area contributed by atoms with Gasteiger partial charge in [0.2, 0.25) is 5.91 Å². The summed E-state index contributed by atoms with van der Waals surface area (Å²) >= 11 is 0. The van der Waals surface area contributed by atoms with Crippen LogP contribution >= 0.6 is 0 Å². The Morgan fingerprint density at radius 1 is 1.32 bits per heavy atom. The Morgan fingerprint density at radius 2 is 2.14 bits per heavy atom. The van der Waals surface area contributed by atoms with Crippen LogP contribution < -0.4 is 5.32 Å². The summed E-state index contributed by atoms with van der Waals surface area (Å²) in [5.41, 5.74) is 3.25. The van der Waals surface area contributed by atoms with E-state index in [0.29, 0.717) is 19.1 Å². The number of hydrogen-bond acceptors (Lipinski definition) is 3. The Balaban J connectivity index is 1.42. The highest BCUT2D eigenvalue weighted by molar-refractivity contribution is 5.80. The van der Waals surface area contributed by atoms with Crippen LogP contribution in [0.5, 0.6) is 0 Å². The van der Waals surface area contributed by atoms with E-state index in [1.807, 2.05) is 4.90 Å². The molecule has 0 bridgehead atoms. The number of likely N-dealkylation sites (tertiary alicyclic amines) is 1. The summed E-state index contributed by atoms with van der Waals surface area (Å²) in [6.45, 7) is 9.22. The van der Waals surface area contributed by atoms with E-state index in [9.17, 15) is 9.59 Å². The minimum absolute atomic E-state index is 0.122. The van der Waals surface area contributed by atoms with Crippen molar-refractivity contribution in [1.82, 2.24) is 10.2 Å². The lowest BCUT2D eigenvalue weighted by Gasteiger charge is -2.35. The zero-order valence-electron chi connectivity index (χ0n) is 17.3. The van der Waals surface area contributed by atoms with Gasteiger partial charge in [0.25, 0.3) is 0 Å². The van der Waals surface area contributed by atoms with Gasteiger partial charge in [-0.1, -0.05) is 45.0 Å². The highest BCUT2D eigenvalue weighted by Gasteiger charge is 2.58. The Kier molecular flexibility index (Phi) is 4.88. The second-order valence-electron chi connectivity index (χ2n) is 9.78. The van der Waals surface area contributed by atoms with E-state index in [4.69, 9.17) is 4.74 Å². The maximum atomic E-state index is 13.0. The molecule has 0 spiro atoms. The van der Waals surface area contributed by atoms with Crippen LogP contribution in [0.2, 0.25) is 0 Å². The molecular weight excluding hydrogens is 352 g/mol. The van der Waals surface area contributed by atoms with Gasteiger partial charge in [0, 0.05) is 25.0 Å². The number of nitrogens with one attached hydrogen (secondary N) is 1. The normalized spacial score (nSPS) is 30.4. The molecule has 5 heteroatoms. The molecule has 1 aliphatic carbocycles. The van der Waals surface area contributed by atoms with Crippen molar-refractivity contribution < 1.29 is 14.3 Å². The maximum absolute atomic E-state index is 13.0. The van der Waals surface area contributed by atoms with Crippen molar-refractivity contribution >= 4 is 12.0 Å². The number of piperidine rings is 1. The average Bonchev–Trinajstić information content (AvgIpc) is 3.39. The van der Waals surface area contributed by atoms with E-state index in [1.54, 1.807) is 0 Å². The molecule has 4 rings (SSSR count). The van der Waals surface area contributed by atoms with E-state index >= 15 is 0 Å². The Bertz CT molecular complexity index is 769. The number of carbonyl (C=O) groups excluding carboxylic acids is 2. The van der Waals surface area contributed by atoms with E-state index in [1.165, 1.54) is 17.5 Å². The molecule has 0 radical (unpaired) electrons. The summed E-state index contributed by atoms with van der Waals surface area (Å²) in [6.07, 6.45) is 3.35. The average molecular weight is 385 g/mol. The number of rotatable bonds is 2. The molecule has 1 N–H and O–H groups in total. The lowest BCUT2D eigenvalue weighted by molar-refractivity contribution is -0.137. The second-order valence-corrected chi connectivity index (χ2v) is 9.78. The van der Waals surface area contributed by atoms with Crippen LogP contribution in [-0.2, 0) is 20.4 Å². The van der Waals surface area contributed by atoms with Gasteiger partial charge in [0.15, 0.2) is 0 Å². The lowest BCUT2D eigenvalue weighted by atomic mass is 9.81. The third-order valence-electron chi connectivity index (χ3n) is 6.89. The number of fused-ring (bicyclic) bond motifs is 1. The summed E-state index contributed by atoms with van der Waals surface area (Å²) in [6, 6.07) is 9.08. The minimum Gasteiger partial charge on any atom is -0.450 e. The molecule has 2 heterocycles. The highest BCUT2D eigenvalue weighted by atomic mass is 16.5. The topological polar surface area (TPSA) is 58.6 Å². The van der Waals surface area contributed by atoms with Crippen LogP contribution in [0.4, 0.5) is 4.79 Å². The molecule has 1 saturated carbocycles. The van der Waals surface area contributed by atoms with Crippen LogP contribution in [0.3, 0.4) is 0 Å². The number of carbonyl (C=O) groups is 2. The van der Waals surface area contributed by atoms with Gasteiger partial charge < -0.3 is 15.0 Å². The molecule has 3 aliphatic rings. The summed E-state index contributed by atoms with van der Waals surface area (Å²) < 4.78 is 5.00. The van der Waals surface area contributed by atoms with Gasteiger partial charge >= 0.3 is 6.09 Å². The Morgan fingerprint density at radius 3 is 2.89 bits per heavy atom. The Labute approximate surface area is 167 Å². The molecule has 152 valence electrons. The van der Waals surface area contributed by atoms with Crippen LogP contribution in [0, 0.1) is 11.8 Å². The maximum Gasteiger partial charge on any atom is 0.407 e. The second kappa shape index (κ2) is 7.09. The number of benzene rings is 1. The van der Waals surface area contributed by atoms with E-state index in [0.717, 1.165) is 32.4 Å². The largest absolute Gasteiger partial charge is 0.450 e. The number of alkyl carbamates (subject to hydrolysis) is 1. The molecule has 2 saturated heterocycles. The van der Waals surface area contributed by atoms with E-state index < -0.39 is 6.09 Å². The molecule has 5 nitrogen and oxygen atoms in total. The fourth-order valence-electron chi connectivity index (χ4n) is 4.93. The van der Waals surface area contributed by atoms with E-state index in [-0.39, 0.29) is 22.7 Å². The van der Waals surface area contributed by atoms with Gasteiger partial charge in [-0.2, -0.15) is 0 Å². The number of amides is 2. The summed E-state index contributed by atoms with van der Waals surface area (Å²) in [4.78, 5) is 26.6. The third-order valence-corrected chi connectivity index (χ3v) is 6.89. The first kappa shape index (κ1) is 19.3. The molecule has 2 unspecified atom stereocenters. The molecule has 28 heavy (non-hydrogen) atoms. The predicted molar refractivity (Wildman–Crippen MR) is 108 cm³/mol. The van der Waals surface area contributed by atoms with Crippen molar-refractivity contribution in [3.63, 3.8) is 0 Å². The minimum atomic E-state index is -0.406. The Hall–Kier alpha value is -2.04. The summed E-state index contributed by atoms with van der Waals surface area (Å²) in [5, 5.41) is 2.72. The highest BCUT2D eigenvalue weighted by Crippen LogP contribution is 2.59. The summed E-state index contributed by atoms with van der Waals surface area (Å²) in [7, 11) is 0. The molecule has 3 fully saturated rings. The van der Waals surface area contributed by atoms with Crippen molar-refractivity contribution in [3.8, 4) is 0 Å². The van der Waals surface area contributed by atoms with Gasteiger partial charge in [-0.3, -0.25) is 4.79 Å². The number of cyclic esters (lactones) is 1. The predicted octanol–water partition coefficient (Wildman–Crippen LogP) is 3.61. The fraction of sp³-hybridized carbons (Fsp3) is 0.652. The van der Waals surface area contributed by atoms with Crippen molar-refractivity contribution in [1.29, 1.82) is 0 Å². The summed E-state index contributed by atoms with van der Waals surface area (Å²) in [5.74, 6) is 0.640. The number of nitrogens with zero attached hydrogens (tertiary/aromatic N) is 1. The van der Waals surface area contributed by atoms with Crippen LogP contribution in [0.15, 0.2) is 24.3 Å². The first-order chi connectivity index (χ1) is 13.3. The molecule has 1 aromatic rings. The molecular formula is C23H32N2O3. The molecule has 2 amide bonds. The number of hydrogen-bond donors (Lipinski definition) is 1. The van der Waals surface area contributed by atoms with Crippen molar-refractivity contribution in [2.24, 2.45) is 11.8 Å². The quantitative estimate of drug-likeness (QED) is 0.847. The fourth-order valence-corrected chi connectivity index (χ4v) is 4.93. The number of ether oxygens (including phenoxy) is 1. The standard InChI is InChI=1S/C23H32N2O3/c1-22(2,3)17-7-4-8-18(12-17)23-9-10-25(15-19(23)13-23)20(26)16-6-5-11-28-21(27)24-14-16/h4,7-8,12,16,19H,5-6,9-11,13-15H2,1-3H3,(H,24,27)/t16-,19?,23?/m1/s1. The smallest absolute Gasteiger partial charge is 0.407 e. The van der Waals surface area contributed by atoms with Crippen LogP contribution in [0.25, 0.3) is 0 Å². The monoisotopic (exact) mass is 384 g/mol. The van der Waals surface area contributed by atoms with Crippen molar-refractivity contribution in [3.05, 3.63) is 35.4 Å². The first-order valence-corrected chi connectivity index (χ1v) is 10.6. The van der Waals surface area contributed by atoms with Crippen molar-refractivity contribution in [2.45, 2.75) is 57.3 Å². The zero-order valence-corrected chi connectivity index (χ0v) is 17.3. The molecule has 0 aromatic heterocycles. The lowest BCUT2D eigenvalue weighted by Crippen LogP contribution is -2.46. The van der Waals surface area contributed by atoms with Crippen LogP contribution in [-0.4, -0.2) is 43.1 Å². The zero-order chi connectivity index (χ0) is 19.9. The third kappa shape index (κ3) is 3.63. The van der Waals surface area contributed by atoms with Crippen LogP contribution in [0.1, 0.15) is 57.6 Å².